The molecular weight excluding hydrogens is 310 g/mol. The van der Waals surface area contributed by atoms with Crippen LogP contribution in [0.3, 0.4) is 0 Å². The van der Waals surface area contributed by atoms with Gasteiger partial charge in [0.25, 0.3) is 0 Å². The summed E-state index contributed by atoms with van der Waals surface area (Å²) in [6.45, 7) is 2.99. The van der Waals surface area contributed by atoms with E-state index in [-0.39, 0.29) is 5.91 Å². The molecule has 0 atom stereocenters. The summed E-state index contributed by atoms with van der Waals surface area (Å²) >= 11 is 0. The topological polar surface area (TPSA) is 49.3 Å². The molecule has 0 spiro atoms. The third-order valence-electron chi connectivity index (χ3n) is 4.66. The summed E-state index contributed by atoms with van der Waals surface area (Å²) in [7, 11) is 0. The molecule has 0 aliphatic carbocycles. The molecule has 1 amide bonds. The molecule has 1 rings (SSSR count). The molecule has 0 aliphatic heterocycles. The fourth-order valence-electron chi connectivity index (χ4n) is 3.04. The summed E-state index contributed by atoms with van der Waals surface area (Å²) in [6, 6.07) is 7.28. The predicted molar refractivity (Wildman–Crippen MR) is 106 cm³/mol. The number of phenolic OH excluding ortho intramolecular Hbond substituents is 1. The van der Waals surface area contributed by atoms with Crippen molar-refractivity contribution in [3.05, 3.63) is 29.8 Å². The first-order valence-electron chi connectivity index (χ1n) is 10.3. The molecule has 0 bridgehead atoms. The van der Waals surface area contributed by atoms with Crippen LogP contribution in [0.15, 0.2) is 24.3 Å². The first-order valence-corrected chi connectivity index (χ1v) is 10.3. The molecule has 3 heteroatoms. The third kappa shape index (κ3) is 12.5. The molecule has 0 unspecified atom stereocenters. The minimum atomic E-state index is 0.185. The number of aryl methyl sites for hydroxylation is 1. The Morgan fingerprint density at radius 1 is 0.840 bits per heavy atom. The third-order valence-corrected chi connectivity index (χ3v) is 4.66. The highest BCUT2D eigenvalue weighted by Gasteiger charge is 2.01. The van der Waals surface area contributed by atoms with Crippen molar-refractivity contribution in [2.75, 3.05) is 6.54 Å². The van der Waals surface area contributed by atoms with Crippen LogP contribution in [0.2, 0.25) is 0 Å². The van der Waals surface area contributed by atoms with Crippen LogP contribution in [0.1, 0.15) is 89.5 Å². The fraction of sp³-hybridized carbons (Fsp3) is 0.682. The monoisotopic (exact) mass is 347 g/mol. The van der Waals surface area contributed by atoms with Gasteiger partial charge in [-0.3, -0.25) is 4.79 Å². The number of rotatable bonds is 15. The lowest BCUT2D eigenvalue weighted by Crippen LogP contribution is -2.24. The summed E-state index contributed by atoms with van der Waals surface area (Å²) in [5, 5.41) is 12.2. The molecule has 1 aromatic rings. The number of benzene rings is 1. The number of amides is 1. The maximum absolute atomic E-state index is 11.8. The van der Waals surface area contributed by atoms with Crippen molar-refractivity contribution in [1.29, 1.82) is 0 Å². The average Bonchev–Trinajstić information content (AvgIpc) is 2.62. The van der Waals surface area contributed by atoms with E-state index in [1.54, 1.807) is 12.1 Å². The van der Waals surface area contributed by atoms with Gasteiger partial charge in [0.05, 0.1) is 0 Å². The zero-order valence-electron chi connectivity index (χ0n) is 16.1. The van der Waals surface area contributed by atoms with Crippen LogP contribution in [0.25, 0.3) is 0 Å². The van der Waals surface area contributed by atoms with Crippen molar-refractivity contribution in [2.45, 2.75) is 90.4 Å². The maximum atomic E-state index is 11.8. The minimum absolute atomic E-state index is 0.185. The van der Waals surface area contributed by atoms with E-state index >= 15 is 0 Å². The van der Waals surface area contributed by atoms with E-state index in [0.717, 1.165) is 25.8 Å². The molecular formula is C22H37NO2. The van der Waals surface area contributed by atoms with Crippen molar-refractivity contribution in [2.24, 2.45) is 0 Å². The van der Waals surface area contributed by atoms with Gasteiger partial charge in [0.15, 0.2) is 0 Å². The number of aromatic hydroxyl groups is 1. The number of carbonyl (C=O) groups is 1. The number of hydrogen-bond acceptors (Lipinski definition) is 2. The summed E-state index contributed by atoms with van der Waals surface area (Å²) in [5.41, 5.74) is 1.20. The number of nitrogens with one attached hydrogen (secondary N) is 1. The van der Waals surface area contributed by atoms with Crippen molar-refractivity contribution in [3.63, 3.8) is 0 Å². The van der Waals surface area contributed by atoms with Crippen LogP contribution < -0.4 is 5.32 Å². The molecule has 3 nitrogen and oxygen atoms in total. The second kappa shape index (κ2) is 14.8. The minimum Gasteiger partial charge on any atom is -0.508 e. The number of unbranched alkanes of at least 4 members (excludes halogenated alkanes) is 9. The van der Waals surface area contributed by atoms with E-state index in [1.807, 2.05) is 12.1 Å². The Morgan fingerprint density at radius 3 is 2.00 bits per heavy atom. The van der Waals surface area contributed by atoms with Gasteiger partial charge in [0.1, 0.15) is 5.75 Å². The Kier molecular flexibility index (Phi) is 12.7. The molecule has 0 fully saturated rings. The van der Waals surface area contributed by atoms with E-state index in [1.165, 1.54) is 63.4 Å². The second-order valence-corrected chi connectivity index (χ2v) is 7.05. The number of carbonyl (C=O) groups excluding carboxylic acids is 1. The van der Waals surface area contributed by atoms with Gasteiger partial charge in [0, 0.05) is 13.0 Å². The van der Waals surface area contributed by atoms with Gasteiger partial charge in [-0.1, -0.05) is 76.8 Å². The standard InChI is InChI=1S/C22H37NO2/c1-2-3-4-5-6-7-8-9-10-11-14-22(25)23-19-12-13-20-15-17-21(24)18-16-20/h15-18,24H,2-14,19H2,1H3,(H,23,25). The molecule has 0 aromatic heterocycles. The van der Waals surface area contributed by atoms with Crippen LogP contribution >= 0.6 is 0 Å². The Bertz CT molecular complexity index is 442. The number of phenols is 1. The smallest absolute Gasteiger partial charge is 0.219 e. The first-order chi connectivity index (χ1) is 12.2. The largest absolute Gasteiger partial charge is 0.508 e. The van der Waals surface area contributed by atoms with E-state index in [0.29, 0.717) is 12.2 Å². The quantitative estimate of drug-likeness (QED) is 0.397. The van der Waals surface area contributed by atoms with Gasteiger partial charge in [-0.05, 0) is 37.0 Å². The maximum Gasteiger partial charge on any atom is 0.219 e. The van der Waals surface area contributed by atoms with Crippen molar-refractivity contribution < 1.29 is 9.90 Å². The Hall–Kier alpha value is -1.51. The van der Waals surface area contributed by atoms with Gasteiger partial charge in [0.2, 0.25) is 5.91 Å². The van der Waals surface area contributed by atoms with E-state index in [4.69, 9.17) is 0 Å². The summed E-state index contributed by atoms with van der Waals surface area (Å²) in [4.78, 5) is 11.8. The molecule has 0 heterocycles. The Morgan fingerprint density at radius 2 is 1.40 bits per heavy atom. The second-order valence-electron chi connectivity index (χ2n) is 7.05. The molecule has 142 valence electrons. The lowest BCUT2D eigenvalue weighted by molar-refractivity contribution is -0.121. The zero-order chi connectivity index (χ0) is 18.2. The summed E-state index contributed by atoms with van der Waals surface area (Å²) < 4.78 is 0. The van der Waals surface area contributed by atoms with Gasteiger partial charge >= 0.3 is 0 Å². The molecule has 25 heavy (non-hydrogen) atoms. The average molecular weight is 348 g/mol. The van der Waals surface area contributed by atoms with Gasteiger partial charge in [-0.25, -0.2) is 0 Å². The van der Waals surface area contributed by atoms with Crippen molar-refractivity contribution >= 4 is 5.91 Å². The normalized spacial score (nSPS) is 10.8. The molecule has 0 aliphatic rings. The van der Waals surface area contributed by atoms with Crippen LogP contribution in [-0.2, 0) is 11.2 Å². The highest BCUT2D eigenvalue weighted by atomic mass is 16.3. The van der Waals surface area contributed by atoms with E-state index in [9.17, 15) is 9.90 Å². The van der Waals surface area contributed by atoms with E-state index in [2.05, 4.69) is 12.2 Å². The Balaban J connectivity index is 1.86. The fourth-order valence-corrected chi connectivity index (χ4v) is 3.04. The lowest BCUT2D eigenvalue weighted by Gasteiger charge is -2.06. The van der Waals surface area contributed by atoms with Gasteiger partial charge in [-0.2, -0.15) is 0 Å². The zero-order valence-corrected chi connectivity index (χ0v) is 16.1. The van der Waals surface area contributed by atoms with Crippen LogP contribution in [0, 0.1) is 0 Å². The molecule has 0 radical (unpaired) electrons. The summed E-state index contributed by atoms with van der Waals surface area (Å²) in [6.07, 6.45) is 15.5. The highest BCUT2D eigenvalue weighted by molar-refractivity contribution is 5.75. The van der Waals surface area contributed by atoms with Crippen molar-refractivity contribution in [3.8, 4) is 5.75 Å². The highest BCUT2D eigenvalue weighted by Crippen LogP contribution is 2.12. The number of hydrogen-bond donors (Lipinski definition) is 2. The molecule has 0 saturated heterocycles. The lowest BCUT2D eigenvalue weighted by atomic mass is 10.1. The van der Waals surface area contributed by atoms with Crippen LogP contribution in [0.4, 0.5) is 0 Å². The predicted octanol–water partition coefficient (Wildman–Crippen LogP) is 5.75. The summed E-state index contributed by atoms with van der Waals surface area (Å²) in [5.74, 6) is 0.485. The van der Waals surface area contributed by atoms with Gasteiger partial charge in [-0.15, -0.1) is 0 Å². The van der Waals surface area contributed by atoms with E-state index < -0.39 is 0 Å². The van der Waals surface area contributed by atoms with Crippen molar-refractivity contribution in [1.82, 2.24) is 5.32 Å². The van der Waals surface area contributed by atoms with Gasteiger partial charge < -0.3 is 10.4 Å². The molecule has 1 aromatic carbocycles. The molecule has 0 saturated carbocycles. The van der Waals surface area contributed by atoms with Crippen LogP contribution in [-0.4, -0.2) is 17.6 Å². The SMILES string of the molecule is CCCCCCCCCCCCC(=O)NCCCc1ccc(O)cc1. The molecule has 2 N–H and O–H groups in total. The van der Waals surface area contributed by atoms with Crippen LogP contribution in [0.5, 0.6) is 5.75 Å². The Labute approximate surface area is 154 Å². The first kappa shape index (κ1) is 21.5.